The summed E-state index contributed by atoms with van der Waals surface area (Å²) in [4.78, 5) is 20.1. The molecule has 0 fully saturated rings. The first-order chi connectivity index (χ1) is 11.7. The topological polar surface area (TPSA) is 58.9 Å². The van der Waals surface area contributed by atoms with Gasteiger partial charge < -0.3 is 9.40 Å². The van der Waals surface area contributed by atoms with Crippen molar-refractivity contribution in [3.63, 3.8) is 0 Å². The summed E-state index contributed by atoms with van der Waals surface area (Å²) in [5.74, 6) is 0.483. The van der Waals surface area contributed by atoms with Crippen LogP contribution in [0.1, 0.15) is 5.56 Å². The van der Waals surface area contributed by atoms with Gasteiger partial charge in [0.25, 0.3) is 0 Å². The van der Waals surface area contributed by atoms with Crippen molar-refractivity contribution in [2.45, 2.75) is 6.42 Å². The van der Waals surface area contributed by atoms with E-state index in [0.29, 0.717) is 28.4 Å². The minimum Gasteiger partial charge on any atom is -0.422 e. The number of rotatable bonds is 3. The second kappa shape index (κ2) is 5.65. The Labute approximate surface area is 142 Å². The molecule has 2 aromatic heterocycles. The molecule has 0 aliphatic heterocycles. The van der Waals surface area contributed by atoms with Crippen LogP contribution in [0.15, 0.2) is 64.3 Å². The predicted molar refractivity (Wildman–Crippen MR) is 96.5 cm³/mol. The molecule has 0 saturated carbocycles. The number of H-pyrrole nitrogens is 1. The Bertz CT molecular complexity index is 1110. The standard InChI is InChI=1S/C19H13ClN2O2/c1-2-5-11-8-13(20)9-12-10-14(19(23)24-17(11)12)18-21-15-6-3-4-7-16(15)22-18/h2-4,6-10H,1,5H2,(H,21,22). The normalized spacial score (nSPS) is 11.2. The van der Waals surface area contributed by atoms with Crippen LogP contribution < -0.4 is 5.63 Å². The van der Waals surface area contributed by atoms with Crippen LogP contribution in [-0.4, -0.2) is 9.97 Å². The van der Waals surface area contributed by atoms with Crippen LogP contribution in [0.3, 0.4) is 0 Å². The SMILES string of the molecule is C=CCc1cc(Cl)cc2cc(-c3nc4ccccc4[nH]3)c(=O)oc12. The van der Waals surface area contributed by atoms with E-state index in [0.717, 1.165) is 22.0 Å². The van der Waals surface area contributed by atoms with Crippen LogP contribution in [-0.2, 0) is 6.42 Å². The van der Waals surface area contributed by atoms with E-state index >= 15 is 0 Å². The van der Waals surface area contributed by atoms with Gasteiger partial charge in [0.1, 0.15) is 17.0 Å². The van der Waals surface area contributed by atoms with Gasteiger partial charge in [-0.15, -0.1) is 6.58 Å². The fraction of sp³-hybridized carbons (Fsp3) is 0.0526. The van der Waals surface area contributed by atoms with Crippen molar-refractivity contribution in [2.24, 2.45) is 0 Å². The minimum absolute atomic E-state index is 0.380. The van der Waals surface area contributed by atoms with Gasteiger partial charge in [0.05, 0.1) is 11.0 Å². The molecule has 2 aromatic carbocycles. The molecule has 0 unspecified atom stereocenters. The van der Waals surface area contributed by atoms with Crippen molar-refractivity contribution in [1.82, 2.24) is 9.97 Å². The summed E-state index contributed by atoms with van der Waals surface area (Å²) in [7, 11) is 0. The summed E-state index contributed by atoms with van der Waals surface area (Å²) in [5, 5.41) is 1.35. The first-order valence-electron chi connectivity index (χ1n) is 7.48. The quantitative estimate of drug-likeness (QED) is 0.435. The number of nitrogens with one attached hydrogen (secondary N) is 1. The molecule has 1 N–H and O–H groups in total. The van der Waals surface area contributed by atoms with E-state index in [9.17, 15) is 4.79 Å². The molecule has 4 nitrogen and oxygen atoms in total. The van der Waals surface area contributed by atoms with E-state index < -0.39 is 5.63 Å². The van der Waals surface area contributed by atoms with Gasteiger partial charge in [0, 0.05) is 16.0 Å². The zero-order valence-electron chi connectivity index (χ0n) is 12.7. The molecule has 0 bridgehead atoms. The third-order valence-corrected chi connectivity index (χ3v) is 4.10. The summed E-state index contributed by atoms with van der Waals surface area (Å²) in [5.41, 5.74) is 2.97. The third kappa shape index (κ3) is 2.41. The van der Waals surface area contributed by atoms with Crippen LogP contribution in [0.4, 0.5) is 0 Å². The molecule has 118 valence electrons. The maximum Gasteiger partial charge on any atom is 0.347 e. The molecule has 24 heavy (non-hydrogen) atoms. The average molecular weight is 337 g/mol. The molecule has 0 aliphatic rings. The van der Waals surface area contributed by atoms with E-state index in [1.165, 1.54) is 0 Å². The highest BCUT2D eigenvalue weighted by Gasteiger charge is 2.14. The number of para-hydroxylation sites is 2. The molecule has 0 amide bonds. The number of hydrogen-bond acceptors (Lipinski definition) is 3. The first-order valence-corrected chi connectivity index (χ1v) is 7.86. The number of imidazole rings is 1. The van der Waals surface area contributed by atoms with Crippen molar-refractivity contribution >= 4 is 33.6 Å². The van der Waals surface area contributed by atoms with Gasteiger partial charge >= 0.3 is 5.63 Å². The van der Waals surface area contributed by atoms with E-state index in [1.807, 2.05) is 24.3 Å². The van der Waals surface area contributed by atoms with Crippen LogP contribution in [0.25, 0.3) is 33.4 Å². The van der Waals surface area contributed by atoms with Crippen molar-refractivity contribution < 1.29 is 4.42 Å². The molecule has 2 heterocycles. The van der Waals surface area contributed by atoms with Crippen LogP contribution in [0.5, 0.6) is 0 Å². The lowest BCUT2D eigenvalue weighted by Crippen LogP contribution is -2.04. The van der Waals surface area contributed by atoms with Crippen molar-refractivity contribution in [3.05, 3.63) is 76.1 Å². The molecule has 0 atom stereocenters. The minimum atomic E-state index is -0.436. The highest BCUT2D eigenvalue weighted by atomic mass is 35.5. The summed E-state index contributed by atoms with van der Waals surface area (Å²) >= 11 is 6.18. The molecule has 0 radical (unpaired) electrons. The average Bonchev–Trinajstić information content (AvgIpc) is 2.99. The Hall–Kier alpha value is -2.85. The number of nitrogens with zero attached hydrogens (tertiary/aromatic N) is 1. The lowest BCUT2D eigenvalue weighted by Gasteiger charge is -2.05. The van der Waals surface area contributed by atoms with E-state index in [2.05, 4.69) is 16.5 Å². The first kappa shape index (κ1) is 14.7. The zero-order chi connectivity index (χ0) is 16.7. The summed E-state index contributed by atoms with van der Waals surface area (Å²) < 4.78 is 5.56. The van der Waals surface area contributed by atoms with Gasteiger partial charge in [0.15, 0.2) is 0 Å². The van der Waals surface area contributed by atoms with Gasteiger partial charge in [-0.25, -0.2) is 9.78 Å². The molecule has 5 heteroatoms. The fourth-order valence-electron chi connectivity index (χ4n) is 2.82. The number of hydrogen-bond donors (Lipinski definition) is 1. The highest BCUT2D eigenvalue weighted by molar-refractivity contribution is 6.31. The van der Waals surface area contributed by atoms with Crippen molar-refractivity contribution in [2.75, 3.05) is 0 Å². The van der Waals surface area contributed by atoms with Gasteiger partial charge in [-0.05, 0) is 36.8 Å². The Morgan fingerprint density at radius 1 is 1.25 bits per heavy atom. The molecule has 0 spiro atoms. The molecular formula is C19H13ClN2O2. The molecule has 0 saturated heterocycles. The number of benzene rings is 2. The Balaban J connectivity index is 1.97. The second-order valence-corrected chi connectivity index (χ2v) is 5.96. The summed E-state index contributed by atoms with van der Waals surface area (Å²) in [6.45, 7) is 3.73. The Kier molecular flexibility index (Phi) is 3.47. The number of aromatic nitrogens is 2. The van der Waals surface area contributed by atoms with Gasteiger partial charge in [-0.1, -0.05) is 29.8 Å². The van der Waals surface area contributed by atoms with Crippen LogP contribution >= 0.6 is 11.6 Å². The Morgan fingerprint density at radius 2 is 2.08 bits per heavy atom. The third-order valence-electron chi connectivity index (χ3n) is 3.88. The highest BCUT2D eigenvalue weighted by Crippen LogP contribution is 2.27. The monoisotopic (exact) mass is 336 g/mol. The zero-order valence-corrected chi connectivity index (χ0v) is 13.4. The maximum atomic E-state index is 12.5. The van der Waals surface area contributed by atoms with Gasteiger partial charge in [-0.3, -0.25) is 0 Å². The van der Waals surface area contributed by atoms with Crippen molar-refractivity contribution in [1.29, 1.82) is 0 Å². The second-order valence-electron chi connectivity index (χ2n) is 5.53. The largest absolute Gasteiger partial charge is 0.422 e. The molecule has 0 aliphatic carbocycles. The summed E-state index contributed by atoms with van der Waals surface area (Å²) in [6.07, 6.45) is 2.32. The van der Waals surface area contributed by atoms with Gasteiger partial charge in [0.2, 0.25) is 0 Å². The predicted octanol–water partition coefficient (Wildman–Crippen LogP) is 4.72. The van der Waals surface area contributed by atoms with Crippen LogP contribution in [0.2, 0.25) is 5.02 Å². The maximum absolute atomic E-state index is 12.5. The Morgan fingerprint density at radius 3 is 2.88 bits per heavy atom. The summed E-state index contributed by atoms with van der Waals surface area (Å²) in [6, 6.07) is 12.9. The number of aromatic amines is 1. The van der Waals surface area contributed by atoms with Crippen molar-refractivity contribution in [3.8, 4) is 11.4 Å². The number of fused-ring (bicyclic) bond motifs is 2. The number of halogens is 1. The lowest BCUT2D eigenvalue weighted by atomic mass is 10.1. The number of allylic oxidation sites excluding steroid dienone is 1. The van der Waals surface area contributed by atoms with E-state index in [4.69, 9.17) is 16.0 Å². The smallest absolute Gasteiger partial charge is 0.347 e. The van der Waals surface area contributed by atoms with E-state index in [-0.39, 0.29) is 0 Å². The lowest BCUT2D eigenvalue weighted by molar-refractivity contribution is 0.560. The van der Waals surface area contributed by atoms with E-state index in [1.54, 1.807) is 24.3 Å². The van der Waals surface area contributed by atoms with Crippen LogP contribution in [0, 0.1) is 0 Å². The molecular weight excluding hydrogens is 324 g/mol. The molecule has 4 aromatic rings. The van der Waals surface area contributed by atoms with Gasteiger partial charge in [-0.2, -0.15) is 0 Å². The fourth-order valence-corrected chi connectivity index (χ4v) is 3.07. The molecule has 4 rings (SSSR count).